The van der Waals surface area contributed by atoms with Crippen LogP contribution in [0, 0.1) is 0 Å². The molecule has 3 heterocycles. The second-order valence-corrected chi connectivity index (χ2v) is 9.90. The number of ether oxygens (including phenoxy) is 1. The first kappa shape index (κ1) is 19.4. The maximum absolute atomic E-state index is 12.7. The van der Waals surface area contributed by atoms with Gasteiger partial charge in [0.2, 0.25) is 0 Å². The SMILES string of the molecule is CN1C=C(c2cc(S(C)(=O)=O)cc3c2OC(C)(C)C(=O)N3C)C2=CC=NC2C1=O. The van der Waals surface area contributed by atoms with E-state index >= 15 is 0 Å². The van der Waals surface area contributed by atoms with Crippen LogP contribution in [-0.2, 0) is 19.4 Å². The summed E-state index contributed by atoms with van der Waals surface area (Å²) in [6, 6.07) is 2.30. The highest BCUT2D eigenvalue weighted by Gasteiger charge is 2.43. The van der Waals surface area contributed by atoms with Crippen LogP contribution in [0.2, 0.25) is 0 Å². The third kappa shape index (κ3) is 2.88. The second kappa shape index (κ2) is 6.03. The summed E-state index contributed by atoms with van der Waals surface area (Å²) in [4.78, 5) is 32.3. The van der Waals surface area contributed by atoms with Gasteiger partial charge >= 0.3 is 0 Å². The molecule has 0 radical (unpaired) electrons. The summed E-state index contributed by atoms with van der Waals surface area (Å²) in [7, 11) is -0.350. The zero-order chi connectivity index (χ0) is 21.3. The molecule has 0 bridgehead atoms. The number of allylic oxidation sites excluding steroid dienone is 1. The normalized spacial score (nSPS) is 22.7. The van der Waals surface area contributed by atoms with E-state index in [4.69, 9.17) is 4.74 Å². The predicted molar refractivity (Wildman–Crippen MR) is 109 cm³/mol. The van der Waals surface area contributed by atoms with Crippen molar-refractivity contribution in [3.63, 3.8) is 0 Å². The van der Waals surface area contributed by atoms with Crippen molar-refractivity contribution in [2.75, 3.05) is 25.3 Å². The van der Waals surface area contributed by atoms with Gasteiger partial charge in [0.15, 0.2) is 27.2 Å². The minimum atomic E-state index is -3.57. The van der Waals surface area contributed by atoms with E-state index in [1.54, 1.807) is 46.4 Å². The third-order valence-corrected chi connectivity index (χ3v) is 6.39. The molecule has 0 spiro atoms. The van der Waals surface area contributed by atoms with Crippen LogP contribution in [0.1, 0.15) is 19.4 Å². The van der Waals surface area contributed by atoms with E-state index in [1.165, 1.54) is 21.9 Å². The van der Waals surface area contributed by atoms with E-state index < -0.39 is 21.5 Å². The van der Waals surface area contributed by atoms with Crippen molar-refractivity contribution in [1.29, 1.82) is 0 Å². The van der Waals surface area contributed by atoms with Crippen molar-refractivity contribution >= 4 is 39.1 Å². The lowest BCUT2D eigenvalue weighted by atomic mass is 9.89. The lowest BCUT2D eigenvalue weighted by molar-refractivity contribution is -0.132. The molecule has 1 atom stereocenters. The predicted octanol–water partition coefficient (Wildman–Crippen LogP) is 1.42. The van der Waals surface area contributed by atoms with Crippen LogP contribution < -0.4 is 9.64 Å². The molecule has 0 saturated heterocycles. The fraction of sp³-hybridized carbons (Fsp3) is 0.350. The van der Waals surface area contributed by atoms with Crippen molar-refractivity contribution < 1.29 is 22.7 Å². The van der Waals surface area contributed by atoms with Crippen LogP contribution in [0.5, 0.6) is 5.75 Å². The van der Waals surface area contributed by atoms with Crippen molar-refractivity contribution in [3.05, 3.63) is 35.5 Å². The number of carbonyl (C=O) groups is 2. The summed E-state index contributed by atoms with van der Waals surface area (Å²) < 4.78 is 30.8. The fourth-order valence-corrected chi connectivity index (χ4v) is 4.39. The highest BCUT2D eigenvalue weighted by atomic mass is 32.2. The van der Waals surface area contributed by atoms with Gasteiger partial charge in [-0.2, -0.15) is 0 Å². The monoisotopic (exact) mass is 415 g/mol. The van der Waals surface area contributed by atoms with Crippen LogP contribution in [0.3, 0.4) is 0 Å². The molecule has 2 amide bonds. The molecule has 3 aliphatic heterocycles. The first-order chi connectivity index (χ1) is 13.4. The molecule has 8 nitrogen and oxygen atoms in total. The Bertz CT molecular complexity index is 1160. The molecule has 3 aliphatic rings. The number of hydrogen-bond acceptors (Lipinski definition) is 6. The Morgan fingerprint density at radius 2 is 1.86 bits per heavy atom. The Kier molecular flexibility index (Phi) is 4.03. The lowest BCUT2D eigenvalue weighted by Crippen LogP contribution is -2.51. The van der Waals surface area contributed by atoms with E-state index in [0.29, 0.717) is 28.1 Å². The summed E-state index contributed by atoms with van der Waals surface area (Å²) in [6.07, 6.45) is 6.06. The Morgan fingerprint density at radius 1 is 1.17 bits per heavy atom. The number of sulfone groups is 1. The van der Waals surface area contributed by atoms with E-state index in [-0.39, 0.29) is 16.7 Å². The smallest absolute Gasteiger partial charge is 0.270 e. The second-order valence-electron chi connectivity index (χ2n) is 7.88. The van der Waals surface area contributed by atoms with E-state index in [9.17, 15) is 18.0 Å². The van der Waals surface area contributed by atoms with Gasteiger partial charge in [-0.05, 0) is 37.6 Å². The van der Waals surface area contributed by atoms with Gasteiger partial charge in [0.1, 0.15) is 0 Å². The van der Waals surface area contributed by atoms with Gasteiger partial charge in [0.05, 0.1) is 10.6 Å². The van der Waals surface area contributed by atoms with Gasteiger partial charge < -0.3 is 14.5 Å². The van der Waals surface area contributed by atoms with Crippen LogP contribution in [-0.4, -0.2) is 63.3 Å². The van der Waals surface area contributed by atoms with Gasteiger partial charge in [-0.25, -0.2) is 8.42 Å². The molecule has 1 aromatic carbocycles. The maximum Gasteiger partial charge on any atom is 0.270 e. The average molecular weight is 415 g/mol. The van der Waals surface area contributed by atoms with Crippen molar-refractivity contribution in [2.24, 2.45) is 4.99 Å². The first-order valence-electron chi connectivity index (χ1n) is 8.99. The number of rotatable bonds is 2. The van der Waals surface area contributed by atoms with Gasteiger partial charge in [-0.3, -0.25) is 14.6 Å². The molecule has 1 unspecified atom stereocenters. The van der Waals surface area contributed by atoms with E-state index in [1.807, 2.05) is 0 Å². The molecule has 0 aromatic heterocycles. The average Bonchev–Trinajstić information content (AvgIpc) is 3.11. The van der Waals surface area contributed by atoms with E-state index in [2.05, 4.69) is 4.99 Å². The number of fused-ring (bicyclic) bond motifs is 2. The Balaban J connectivity index is 2.03. The molecule has 0 aliphatic carbocycles. The summed E-state index contributed by atoms with van der Waals surface area (Å²) in [6.45, 7) is 3.32. The van der Waals surface area contributed by atoms with Gasteiger partial charge in [0, 0.05) is 43.9 Å². The van der Waals surface area contributed by atoms with Crippen molar-refractivity contribution in [1.82, 2.24) is 4.90 Å². The molecule has 0 N–H and O–H groups in total. The number of hydrogen-bond donors (Lipinski definition) is 0. The summed E-state index contributed by atoms with van der Waals surface area (Å²) in [5, 5.41) is 0. The van der Waals surface area contributed by atoms with Gasteiger partial charge in [-0.15, -0.1) is 0 Å². The highest BCUT2D eigenvalue weighted by molar-refractivity contribution is 7.90. The molecule has 29 heavy (non-hydrogen) atoms. The van der Waals surface area contributed by atoms with Gasteiger partial charge in [-0.1, -0.05) is 0 Å². The number of likely N-dealkylation sites (N-methyl/N-ethyl adjacent to an activating group) is 2. The zero-order valence-corrected chi connectivity index (χ0v) is 17.6. The molecular formula is C20H21N3O5S. The molecule has 9 heteroatoms. The summed E-state index contributed by atoms with van der Waals surface area (Å²) >= 11 is 0. The third-order valence-electron chi connectivity index (χ3n) is 5.30. The van der Waals surface area contributed by atoms with Crippen molar-refractivity contribution in [2.45, 2.75) is 30.4 Å². The Morgan fingerprint density at radius 3 is 2.52 bits per heavy atom. The number of anilines is 1. The number of amides is 2. The molecule has 1 aromatic rings. The molecular weight excluding hydrogens is 394 g/mol. The van der Waals surface area contributed by atoms with Crippen LogP contribution in [0.25, 0.3) is 5.57 Å². The Hall–Kier alpha value is -2.94. The molecule has 0 saturated carbocycles. The first-order valence-corrected chi connectivity index (χ1v) is 10.9. The minimum Gasteiger partial charge on any atom is -0.475 e. The summed E-state index contributed by atoms with van der Waals surface area (Å²) in [5.41, 5.74) is 1.04. The number of nitrogens with zero attached hydrogens (tertiary/aromatic N) is 3. The van der Waals surface area contributed by atoms with E-state index in [0.717, 1.165) is 6.26 Å². The maximum atomic E-state index is 12.7. The minimum absolute atomic E-state index is 0.0609. The molecule has 0 fully saturated rings. The quantitative estimate of drug-likeness (QED) is 0.728. The largest absolute Gasteiger partial charge is 0.475 e. The number of carbonyl (C=O) groups excluding carboxylic acids is 2. The number of benzene rings is 1. The van der Waals surface area contributed by atoms with Crippen LogP contribution >= 0.6 is 0 Å². The molecule has 152 valence electrons. The van der Waals surface area contributed by atoms with Gasteiger partial charge in [0.25, 0.3) is 11.8 Å². The highest BCUT2D eigenvalue weighted by Crippen LogP contribution is 2.47. The van der Waals surface area contributed by atoms with Crippen LogP contribution in [0.4, 0.5) is 5.69 Å². The summed E-state index contributed by atoms with van der Waals surface area (Å²) in [5.74, 6) is -0.0618. The Labute approximate surface area is 169 Å². The number of aliphatic imine (C=N–C) groups is 1. The molecule has 4 rings (SSSR count). The zero-order valence-electron chi connectivity index (χ0n) is 16.8. The topological polar surface area (TPSA) is 96.3 Å². The lowest BCUT2D eigenvalue weighted by Gasteiger charge is -2.39. The standard InChI is InChI=1S/C20H21N3O5S/c1-20(2)19(25)23(4)15-9-11(29(5,26)27)8-13(17(15)28-20)14-10-22(3)18(24)16-12(14)6-7-21-16/h6-10,16H,1-5H3. The van der Waals surface area contributed by atoms with Crippen molar-refractivity contribution in [3.8, 4) is 5.75 Å². The fourth-order valence-electron chi connectivity index (χ4n) is 3.73. The van der Waals surface area contributed by atoms with Crippen LogP contribution in [0.15, 0.2) is 39.9 Å².